The molecule has 2 N–H and O–H groups in total. The van der Waals surface area contributed by atoms with Crippen LogP contribution < -0.4 is 0 Å². The number of nitrogens with zero attached hydrogens (tertiary/aromatic N) is 1. The van der Waals surface area contributed by atoms with E-state index in [9.17, 15) is 34.2 Å². The van der Waals surface area contributed by atoms with E-state index in [0.717, 1.165) is 0 Å². The van der Waals surface area contributed by atoms with Crippen LogP contribution in [-0.2, 0) is 61.9 Å². The largest absolute Gasteiger partial charge is 0.462 e. The zero-order valence-corrected chi connectivity index (χ0v) is 35.9. The van der Waals surface area contributed by atoms with Crippen LogP contribution in [0.3, 0.4) is 0 Å². The van der Waals surface area contributed by atoms with Crippen LogP contribution >= 0.6 is 0 Å². The highest BCUT2D eigenvalue weighted by Crippen LogP contribution is 2.37. The quantitative estimate of drug-likeness (QED) is 0.165. The second-order valence-corrected chi connectivity index (χ2v) is 16.8. The number of methoxy groups -OCH3 is 1. The molecular formula is C42H67NO15. The van der Waals surface area contributed by atoms with Crippen LogP contribution in [0.1, 0.15) is 93.9 Å². The van der Waals surface area contributed by atoms with E-state index in [4.69, 9.17) is 37.9 Å². The van der Waals surface area contributed by atoms with Crippen LogP contribution in [0.5, 0.6) is 0 Å². The number of esters is 3. The van der Waals surface area contributed by atoms with Gasteiger partial charge < -0.3 is 57.8 Å². The maximum Gasteiger partial charge on any atom is 0.309 e. The van der Waals surface area contributed by atoms with Crippen molar-refractivity contribution in [2.45, 2.75) is 173 Å². The average molecular weight is 826 g/mol. The maximum atomic E-state index is 13.2. The van der Waals surface area contributed by atoms with Gasteiger partial charge in [-0.15, -0.1) is 0 Å². The third kappa shape index (κ3) is 14.0. The Labute approximate surface area is 342 Å². The molecule has 15 unspecified atom stereocenters. The van der Waals surface area contributed by atoms with Crippen LogP contribution in [0, 0.1) is 17.8 Å². The molecule has 3 rings (SSSR count). The molecule has 0 aromatic heterocycles. The second kappa shape index (κ2) is 22.5. The van der Waals surface area contributed by atoms with Crippen LogP contribution in [0.2, 0.25) is 0 Å². The fraction of sp³-hybridized carbons (Fsp3) is 0.786. The average Bonchev–Trinajstić information content (AvgIpc) is 3.09. The summed E-state index contributed by atoms with van der Waals surface area (Å²) in [6, 6.07) is -0.796. The van der Waals surface area contributed by atoms with Crippen molar-refractivity contribution < 1.29 is 72.1 Å². The van der Waals surface area contributed by atoms with Gasteiger partial charge in [0, 0.05) is 45.6 Å². The smallest absolute Gasteiger partial charge is 0.309 e. The normalized spacial score (nSPS) is 39.4. The number of aldehydes is 1. The summed E-state index contributed by atoms with van der Waals surface area (Å²) in [4.78, 5) is 65.4. The summed E-state index contributed by atoms with van der Waals surface area (Å²) in [6.07, 6.45) is -4.02. The number of aliphatic hydroxyl groups is 2. The standard InChI is InChI=1S/C42H67NO15/c1-23(2)19-32(47)56-40-27(6)53-34(22-42(40,8)50)57-37-26(5)54-41(36(49)35(37)43(9)10)58-38-29(17-18-44)20-24(3)30(46)16-14-12-13-15-25(4)52-33(48)21-31(39(38)51-11)55-28(7)45/h12-14,16,18,23-27,29,31,34-41,49-50H,15,17,19-22H2,1-11H3/b13-12-,16-14-. The molecule has 58 heavy (non-hydrogen) atoms. The minimum atomic E-state index is -1.51. The van der Waals surface area contributed by atoms with Gasteiger partial charge in [-0.05, 0) is 66.1 Å². The van der Waals surface area contributed by atoms with E-state index in [0.29, 0.717) is 12.7 Å². The van der Waals surface area contributed by atoms with Crippen molar-refractivity contribution in [3.63, 3.8) is 0 Å². The zero-order valence-electron chi connectivity index (χ0n) is 35.9. The summed E-state index contributed by atoms with van der Waals surface area (Å²) in [5.74, 6) is -3.31. The van der Waals surface area contributed by atoms with Gasteiger partial charge in [-0.1, -0.05) is 39.0 Å². The molecule has 16 heteroatoms. The van der Waals surface area contributed by atoms with E-state index in [1.165, 1.54) is 20.1 Å². The van der Waals surface area contributed by atoms with Crippen molar-refractivity contribution in [3.8, 4) is 0 Å². The molecule has 0 aliphatic carbocycles. The summed E-state index contributed by atoms with van der Waals surface area (Å²) < 4.78 is 48.4. The van der Waals surface area contributed by atoms with Gasteiger partial charge in [-0.25, -0.2) is 0 Å². The van der Waals surface area contributed by atoms with Crippen molar-refractivity contribution in [2.24, 2.45) is 17.8 Å². The highest BCUT2D eigenvalue weighted by atomic mass is 16.7. The zero-order chi connectivity index (χ0) is 43.5. The van der Waals surface area contributed by atoms with Crippen LogP contribution in [0.4, 0.5) is 0 Å². The molecule has 0 aromatic carbocycles. The highest BCUT2D eigenvalue weighted by molar-refractivity contribution is 5.91. The van der Waals surface area contributed by atoms with Crippen molar-refractivity contribution in [2.75, 3.05) is 21.2 Å². The lowest BCUT2D eigenvalue weighted by Crippen LogP contribution is -2.66. The van der Waals surface area contributed by atoms with E-state index in [1.807, 2.05) is 13.8 Å². The van der Waals surface area contributed by atoms with Gasteiger partial charge in [-0.2, -0.15) is 0 Å². The van der Waals surface area contributed by atoms with E-state index in [2.05, 4.69) is 0 Å². The molecule has 2 fully saturated rings. The summed E-state index contributed by atoms with van der Waals surface area (Å²) in [6.45, 7) is 13.4. The fourth-order valence-corrected chi connectivity index (χ4v) is 7.98. The third-order valence-electron chi connectivity index (χ3n) is 10.8. The molecule has 2 saturated heterocycles. The van der Waals surface area contributed by atoms with Crippen molar-refractivity contribution in [1.82, 2.24) is 4.90 Å². The lowest BCUT2D eigenvalue weighted by molar-refractivity contribution is -0.344. The SMILES string of the molecule is COC1C(OC(C)=O)CC(=O)OC(C)C/C=C\C=C/C(=O)C(C)CC(CC=O)C1OC1OC(C)C(OC2CC(C)(O)C(OC(=O)CC(C)C)C(C)O2)C(N(C)C)C1O. The number of ether oxygens (including phenoxy) is 8. The summed E-state index contributed by atoms with van der Waals surface area (Å²) in [7, 11) is 4.82. The van der Waals surface area contributed by atoms with Gasteiger partial charge in [-0.3, -0.25) is 19.2 Å². The Hall–Kier alpha value is -3.09. The van der Waals surface area contributed by atoms with E-state index in [1.54, 1.807) is 71.8 Å². The van der Waals surface area contributed by atoms with E-state index >= 15 is 0 Å². The number of aliphatic hydroxyl groups excluding tert-OH is 1. The summed E-state index contributed by atoms with van der Waals surface area (Å²) in [5, 5.41) is 23.5. The molecule has 3 heterocycles. The lowest BCUT2D eigenvalue weighted by atomic mass is 9.83. The molecule has 0 radical (unpaired) electrons. The van der Waals surface area contributed by atoms with Gasteiger partial charge in [0.25, 0.3) is 0 Å². The van der Waals surface area contributed by atoms with Crippen molar-refractivity contribution >= 4 is 30.0 Å². The minimum absolute atomic E-state index is 0.0531. The number of likely N-dealkylation sites (N-methyl/N-ethyl adjacent to an activating group) is 1. The first-order chi connectivity index (χ1) is 27.2. The van der Waals surface area contributed by atoms with Gasteiger partial charge in [0.05, 0.1) is 30.8 Å². The number of hydrogen-bond donors (Lipinski definition) is 2. The number of rotatable bonds is 12. The fourth-order valence-electron chi connectivity index (χ4n) is 7.98. The molecule has 3 aliphatic heterocycles. The molecule has 330 valence electrons. The van der Waals surface area contributed by atoms with Gasteiger partial charge in [0.1, 0.15) is 42.4 Å². The van der Waals surface area contributed by atoms with Crippen LogP contribution in [0.25, 0.3) is 0 Å². The predicted octanol–water partition coefficient (Wildman–Crippen LogP) is 3.22. The molecule has 0 bridgehead atoms. The highest BCUT2D eigenvalue weighted by Gasteiger charge is 2.53. The van der Waals surface area contributed by atoms with E-state index < -0.39 is 115 Å². The van der Waals surface area contributed by atoms with Gasteiger partial charge in [0.2, 0.25) is 0 Å². The summed E-state index contributed by atoms with van der Waals surface area (Å²) in [5.41, 5.74) is -1.51. The molecule has 0 spiro atoms. The number of cyclic esters (lactones) is 1. The molecule has 0 aromatic rings. The van der Waals surface area contributed by atoms with Gasteiger partial charge in [0.15, 0.2) is 24.5 Å². The predicted molar refractivity (Wildman–Crippen MR) is 209 cm³/mol. The number of carbonyl (C=O) groups is 5. The van der Waals surface area contributed by atoms with Crippen LogP contribution in [0.15, 0.2) is 24.3 Å². The molecule has 0 saturated carbocycles. The Morgan fingerprint density at radius 2 is 1.71 bits per heavy atom. The Morgan fingerprint density at radius 3 is 2.29 bits per heavy atom. The minimum Gasteiger partial charge on any atom is -0.462 e. The third-order valence-corrected chi connectivity index (χ3v) is 10.8. The second-order valence-electron chi connectivity index (χ2n) is 16.8. The molecular weight excluding hydrogens is 758 g/mol. The lowest BCUT2D eigenvalue weighted by Gasteiger charge is -2.50. The molecule has 16 nitrogen and oxygen atoms in total. The first-order valence-corrected chi connectivity index (χ1v) is 20.3. The Kier molecular flexibility index (Phi) is 19.1. The first kappa shape index (κ1) is 49.3. The first-order valence-electron chi connectivity index (χ1n) is 20.3. The Bertz CT molecular complexity index is 1430. The number of carbonyl (C=O) groups excluding carboxylic acids is 5. The Balaban J connectivity index is 1.98. The number of allylic oxidation sites excluding steroid dienone is 3. The van der Waals surface area contributed by atoms with E-state index in [-0.39, 0.29) is 37.4 Å². The monoisotopic (exact) mass is 825 g/mol. The van der Waals surface area contributed by atoms with Crippen LogP contribution in [-0.4, -0.2) is 145 Å². The maximum absolute atomic E-state index is 13.2. The topological polar surface area (TPSA) is 203 Å². The number of hydrogen-bond acceptors (Lipinski definition) is 16. The van der Waals surface area contributed by atoms with Gasteiger partial charge >= 0.3 is 17.9 Å². The Morgan fingerprint density at radius 1 is 1.02 bits per heavy atom. The number of ketones is 1. The molecule has 0 amide bonds. The van der Waals surface area contributed by atoms with Crippen molar-refractivity contribution in [1.29, 1.82) is 0 Å². The molecule has 3 aliphatic rings. The van der Waals surface area contributed by atoms with Crippen molar-refractivity contribution in [3.05, 3.63) is 24.3 Å². The summed E-state index contributed by atoms with van der Waals surface area (Å²) >= 11 is 0. The molecule has 15 atom stereocenters.